The van der Waals surface area contributed by atoms with Crippen LogP contribution in [0.25, 0.3) is 0 Å². The van der Waals surface area contributed by atoms with Crippen molar-refractivity contribution in [2.24, 2.45) is 0 Å². The highest BCUT2D eigenvalue weighted by Crippen LogP contribution is 2.36. The number of anilines is 2. The minimum absolute atomic E-state index is 0.266. The summed E-state index contributed by atoms with van der Waals surface area (Å²) in [5.74, 6) is 0.600. The average molecular weight is 391 g/mol. The molecule has 0 spiro atoms. The Morgan fingerprint density at radius 2 is 1.93 bits per heavy atom. The topological polar surface area (TPSA) is 60.0 Å². The van der Waals surface area contributed by atoms with Crippen LogP contribution in [0.5, 0.6) is 11.5 Å². The number of carbonyl (C=O) groups excluding carboxylic acids is 1. The molecule has 1 saturated heterocycles. The highest BCUT2D eigenvalue weighted by atomic mass is 35.5. The van der Waals surface area contributed by atoms with Gasteiger partial charge in [-0.05, 0) is 43.3 Å². The van der Waals surface area contributed by atoms with Crippen LogP contribution < -0.4 is 19.7 Å². The van der Waals surface area contributed by atoms with Gasteiger partial charge in [0, 0.05) is 30.0 Å². The van der Waals surface area contributed by atoms with Crippen LogP contribution in [0.15, 0.2) is 36.4 Å². The molecule has 0 atom stereocenters. The Kier molecular flexibility index (Phi) is 6.42. The Hall–Kier alpha value is -2.44. The largest absolute Gasteiger partial charge is 0.493 e. The van der Waals surface area contributed by atoms with E-state index in [1.165, 1.54) is 7.11 Å². The normalized spacial score (nSPS) is 14.0. The predicted molar refractivity (Wildman–Crippen MR) is 107 cm³/mol. The Balaban J connectivity index is 1.72. The van der Waals surface area contributed by atoms with Gasteiger partial charge in [-0.3, -0.25) is 4.79 Å². The van der Waals surface area contributed by atoms with Gasteiger partial charge in [-0.1, -0.05) is 11.6 Å². The molecule has 7 heteroatoms. The van der Waals surface area contributed by atoms with Crippen LogP contribution >= 0.6 is 11.6 Å². The van der Waals surface area contributed by atoms with Gasteiger partial charge in [0.15, 0.2) is 11.5 Å². The summed E-state index contributed by atoms with van der Waals surface area (Å²) in [5, 5.41) is 3.22. The fraction of sp³-hybridized carbons (Fsp3) is 0.350. The Bertz CT molecular complexity index is 789. The number of morpholine rings is 1. The second kappa shape index (κ2) is 8.97. The molecule has 1 fully saturated rings. The molecule has 144 valence electrons. The van der Waals surface area contributed by atoms with Crippen LogP contribution in [-0.2, 0) is 4.74 Å². The first kappa shape index (κ1) is 19.3. The maximum Gasteiger partial charge on any atom is 0.255 e. The number of amides is 1. The van der Waals surface area contributed by atoms with E-state index in [2.05, 4.69) is 10.2 Å². The number of hydrogen-bond acceptors (Lipinski definition) is 5. The lowest BCUT2D eigenvalue weighted by Crippen LogP contribution is -2.36. The first-order chi connectivity index (χ1) is 13.1. The summed E-state index contributed by atoms with van der Waals surface area (Å²) in [6.45, 7) is 5.53. The molecule has 1 amide bonds. The van der Waals surface area contributed by atoms with E-state index in [1.54, 1.807) is 12.1 Å². The molecule has 3 rings (SSSR count). The summed E-state index contributed by atoms with van der Waals surface area (Å²) in [5.41, 5.74) is 2.22. The zero-order chi connectivity index (χ0) is 19.2. The molecule has 1 aliphatic heterocycles. The Labute approximate surface area is 164 Å². The van der Waals surface area contributed by atoms with E-state index in [-0.39, 0.29) is 5.91 Å². The lowest BCUT2D eigenvalue weighted by molar-refractivity contribution is 0.102. The number of rotatable bonds is 6. The van der Waals surface area contributed by atoms with Crippen molar-refractivity contribution in [3.8, 4) is 11.5 Å². The van der Waals surface area contributed by atoms with Crippen molar-refractivity contribution in [1.82, 2.24) is 0 Å². The Morgan fingerprint density at radius 1 is 1.22 bits per heavy atom. The van der Waals surface area contributed by atoms with Crippen molar-refractivity contribution in [3.63, 3.8) is 0 Å². The van der Waals surface area contributed by atoms with Crippen molar-refractivity contribution < 1.29 is 19.0 Å². The van der Waals surface area contributed by atoms with Gasteiger partial charge in [0.2, 0.25) is 0 Å². The minimum Gasteiger partial charge on any atom is -0.493 e. The van der Waals surface area contributed by atoms with Crippen molar-refractivity contribution >= 4 is 28.9 Å². The van der Waals surface area contributed by atoms with Crippen molar-refractivity contribution in [2.75, 3.05) is 50.2 Å². The van der Waals surface area contributed by atoms with Crippen molar-refractivity contribution in [3.05, 3.63) is 47.0 Å². The van der Waals surface area contributed by atoms with Crippen LogP contribution in [0.1, 0.15) is 17.3 Å². The molecule has 6 nitrogen and oxygen atoms in total. The zero-order valence-corrected chi connectivity index (χ0v) is 16.2. The first-order valence-corrected chi connectivity index (χ1v) is 9.24. The SMILES string of the molecule is CCOc1c(Cl)cc(C(=O)Nc2ccc(N3CCOCC3)cc2)cc1OC. The third-order valence-corrected chi connectivity index (χ3v) is 4.56. The number of ether oxygens (including phenoxy) is 3. The van der Waals surface area contributed by atoms with E-state index < -0.39 is 0 Å². The molecule has 1 heterocycles. The van der Waals surface area contributed by atoms with Crippen LogP contribution in [0.2, 0.25) is 5.02 Å². The second-order valence-corrected chi connectivity index (χ2v) is 6.43. The van der Waals surface area contributed by atoms with Crippen LogP contribution in [0, 0.1) is 0 Å². The molecule has 1 N–H and O–H groups in total. The van der Waals surface area contributed by atoms with Gasteiger partial charge < -0.3 is 24.4 Å². The quantitative estimate of drug-likeness (QED) is 0.812. The second-order valence-electron chi connectivity index (χ2n) is 6.02. The Morgan fingerprint density at radius 3 is 2.56 bits per heavy atom. The predicted octanol–water partition coefficient (Wildman–Crippen LogP) is 3.84. The standard InChI is InChI=1S/C20H23ClN2O4/c1-3-27-19-17(21)12-14(13-18(19)25-2)20(24)22-15-4-6-16(7-5-15)23-8-10-26-11-9-23/h4-7,12-13H,3,8-11H2,1-2H3,(H,22,24). The third kappa shape index (κ3) is 4.64. The highest BCUT2D eigenvalue weighted by molar-refractivity contribution is 6.32. The van der Waals surface area contributed by atoms with E-state index in [4.69, 9.17) is 25.8 Å². The van der Waals surface area contributed by atoms with Crippen molar-refractivity contribution in [2.45, 2.75) is 6.92 Å². The maximum atomic E-state index is 12.6. The molecule has 0 bridgehead atoms. The van der Waals surface area contributed by atoms with E-state index >= 15 is 0 Å². The van der Waals surface area contributed by atoms with Gasteiger partial charge in [-0.15, -0.1) is 0 Å². The number of hydrogen-bond donors (Lipinski definition) is 1. The summed E-state index contributed by atoms with van der Waals surface area (Å²) in [4.78, 5) is 14.9. The summed E-state index contributed by atoms with van der Waals surface area (Å²) in [6.07, 6.45) is 0. The highest BCUT2D eigenvalue weighted by Gasteiger charge is 2.16. The molecular formula is C20H23ClN2O4. The van der Waals surface area contributed by atoms with Crippen LogP contribution in [0.4, 0.5) is 11.4 Å². The van der Waals surface area contributed by atoms with Crippen LogP contribution in [-0.4, -0.2) is 45.9 Å². The molecule has 0 radical (unpaired) electrons. The number of carbonyl (C=O) groups is 1. The van der Waals surface area contributed by atoms with E-state index in [9.17, 15) is 4.79 Å². The minimum atomic E-state index is -0.266. The third-order valence-electron chi connectivity index (χ3n) is 4.28. The number of halogens is 1. The molecule has 2 aromatic rings. The van der Waals surface area contributed by atoms with Crippen LogP contribution in [0.3, 0.4) is 0 Å². The van der Waals surface area contributed by atoms with Gasteiger partial charge in [0.25, 0.3) is 5.91 Å². The van der Waals surface area contributed by atoms with Gasteiger partial charge in [0.1, 0.15) is 0 Å². The fourth-order valence-electron chi connectivity index (χ4n) is 2.92. The summed E-state index contributed by atoms with van der Waals surface area (Å²) in [6, 6.07) is 11.0. The van der Waals surface area contributed by atoms with E-state index in [0.29, 0.717) is 34.4 Å². The lowest BCUT2D eigenvalue weighted by atomic mass is 10.1. The number of methoxy groups -OCH3 is 1. The average Bonchev–Trinajstić information content (AvgIpc) is 2.70. The molecule has 2 aromatic carbocycles. The van der Waals surface area contributed by atoms with Gasteiger partial charge in [-0.2, -0.15) is 0 Å². The van der Waals surface area contributed by atoms with Gasteiger partial charge in [-0.25, -0.2) is 0 Å². The number of nitrogens with one attached hydrogen (secondary N) is 1. The maximum absolute atomic E-state index is 12.6. The fourth-order valence-corrected chi connectivity index (χ4v) is 3.18. The smallest absolute Gasteiger partial charge is 0.255 e. The summed E-state index contributed by atoms with van der Waals surface area (Å²) in [7, 11) is 1.51. The van der Waals surface area contributed by atoms with E-state index in [0.717, 1.165) is 32.0 Å². The molecule has 0 unspecified atom stereocenters. The first-order valence-electron chi connectivity index (χ1n) is 8.86. The van der Waals surface area contributed by atoms with Gasteiger partial charge in [0.05, 0.1) is 32.0 Å². The molecule has 27 heavy (non-hydrogen) atoms. The van der Waals surface area contributed by atoms with Crippen molar-refractivity contribution in [1.29, 1.82) is 0 Å². The lowest BCUT2D eigenvalue weighted by Gasteiger charge is -2.28. The molecular weight excluding hydrogens is 368 g/mol. The van der Waals surface area contributed by atoms with E-state index in [1.807, 2.05) is 31.2 Å². The monoisotopic (exact) mass is 390 g/mol. The molecule has 0 saturated carbocycles. The number of nitrogens with zero attached hydrogens (tertiary/aromatic N) is 1. The number of benzene rings is 2. The van der Waals surface area contributed by atoms with Gasteiger partial charge >= 0.3 is 0 Å². The molecule has 0 aromatic heterocycles. The summed E-state index contributed by atoms with van der Waals surface area (Å²) >= 11 is 6.25. The zero-order valence-electron chi connectivity index (χ0n) is 15.5. The molecule has 0 aliphatic carbocycles. The molecule has 1 aliphatic rings. The summed E-state index contributed by atoms with van der Waals surface area (Å²) < 4.78 is 16.1.